The predicted molar refractivity (Wildman–Crippen MR) is 99.0 cm³/mol. The highest BCUT2D eigenvalue weighted by Crippen LogP contribution is 2.38. The summed E-state index contributed by atoms with van der Waals surface area (Å²) in [7, 11) is 4.68. The number of hydrogen-bond donors (Lipinski definition) is 0. The van der Waals surface area contributed by atoms with Gasteiger partial charge >= 0.3 is 0 Å². The highest BCUT2D eigenvalue weighted by Gasteiger charge is 2.18. The average Bonchev–Trinajstić information content (AvgIpc) is 2.61. The van der Waals surface area contributed by atoms with Crippen LogP contribution in [-0.4, -0.2) is 33.8 Å². The first-order valence-electron chi connectivity index (χ1n) is 8.19. The molecule has 0 heterocycles. The first-order valence-corrected chi connectivity index (χ1v) is 8.19. The summed E-state index contributed by atoms with van der Waals surface area (Å²) < 4.78 is 16.0. The van der Waals surface area contributed by atoms with Crippen LogP contribution < -0.4 is 19.1 Å². The minimum Gasteiger partial charge on any atom is -0.493 e. The molecule has 0 aliphatic heterocycles. The quantitative estimate of drug-likeness (QED) is 0.770. The molecule has 0 spiro atoms. The molecular formula is C20H25NO4. The molecule has 0 saturated heterocycles. The summed E-state index contributed by atoms with van der Waals surface area (Å²) in [6.45, 7) is 4.59. The molecule has 0 N–H and O–H groups in total. The number of hydrogen-bond acceptors (Lipinski definition) is 4. The highest BCUT2D eigenvalue weighted by atomic mass is 16.5. The fourth-order valence-corrected chi connectivity index (χ4v) is 2.81. The third-order valence-corrected chi connectivity index (χ3v) is 4.01. The van der Waals surface area contributed by atoms with E-state index in [0.29, 0.717) is 23.8 Å². The van der Waals surface area contributed by atoms with E-state index >= 15 is 0 Å². The predicted octanol–water partition coefficient (Wildman–Crippen LogP) is 3.62. The lowest BCUT2D eigenvalue weighted by Gasteiger charge is -2.22. The Morgan fingerprint density at radius 2 is 1.64 bits per heavy atom. The van der Waals surface area contributed by atoms with Crippen molar-refractivity contribution in [2.75, 3.05) is 32.8 Å². The first-order chi connectivity index (χ1) is 12.0. The van der Waals surface area contributed by atoms with Gasteiger partial charge in [-0.25, -0.2) is 0 Å². The topological polar surface area (TPSA) is 48.0 Å². The van der Waals surface area contributed by atoms with Gasteiger partial charge < -0.3 is 19.1 Å². The Morgan fingerprint density at radius 3 is 2.12 bits per heavy atom. The maximum Gasteiger partial charge on any atom is 0.231 e. The summed E-state index contributed by atoms with van der Waals surface area (Å²) in [6, 6.07) is 11.5. The molecule has 25 heavy (non-hydrogen) atoms. The van der Waals surface area contributed by atoms with E-state index in [4.69, 9.17) is 14.2 Å². The van der Waals surface area contributed by atoms with Gasteiger partial charge in [0.15, 0.2) is 11.5 Å². The summed E-state index contributed by atoms with van der Waals surface area (Å²) >= 11 is 0. The Kier molecular flexibility index (Phi) is 6.28. The van der Waals surface area contributed by atoms with E-state index < -0.39 is 0 Å². The number of nitrogens with zero attached hydrogens (tertiary/aromatic N) is 1. The van der Waals surface area contributed by atoms with E-state index in [9.17, 15) is 4.79 Å². The van der Waals surface area contributed by atoms with Gasteiger partial charge in [0.25, 0.3) is 0 Å². The molecule has 0 aliphatic rings. The molecule has 2 rings (SSSR count). The van der Waals surface area contributed by atoms with Gasteiger partial charge in [0.05, 0.1) is 27.8 Å². The number of rotatable bonds is 7. The normalized spacial score (nSPS) is 10.3. The maximum absolute atomic E-state index is 12.8. The van der Waals surface area contributed by atoms with Crippen LogP contribution in [0.4, 0.5) is 5.69 Å². The Morgan fingerprint density at radius 1 is 1.00 bits per heavy atom. The van der Waals surface area contributed by atoms with Gasteiger partial charge in [0, 0.05) is 12.2 Å². The zero-order valence-corrected chi connectivity index (χ0v) is 15.5. The SMILES string of the molecule is CCN(C(=O)Cc1cc(OC)c(OC)c(OC)c1)c1cccc(C)c1. The van der Waals surface area contributed by atoms with Crippen LogP contribution in [0.15, 0.2) is 36.4 Å². The van der Waals surface area contributed by atoms with E-state index in [1.165, 1.54) is 0 Å². The van der Waals surface area contributed by atoms with E-state index in [1.807, 2.05) is 50.2 Å². The molecule has 5 nitrogen and oxygen atoms in total. The Labute approximate surface area is 149 Å². The Bertz CT molecular complexity index is 717. The minimum absolute atomic E-state index is 0.0161. The molecule has 0 fully saturated rings. The van der Waals surface area contributed by atoms with Crippen molar-refractivity contribution in [1.29, 1.82) is 0 Å². The van der Waals surface area contributed by atoms with Crippen molar-refractivity contribution in [2.45, 2.75) is 20.3 Å². The largest absolute Gasteiger partial charge is 0.493 e. The van der Waals surface area contributed by atoms with Crippen LogP contribution in [0, 0.1) is 6.92 Å². The second-order valence-corrected chi connectivity index (χ2v) is 5.69. The molecular weight excluding hydrogens is 318 g/mol. The number of methoxy groups -OCH3 is 3. The molecule has 2 aromatic rings. The molecule has 0 unspecified atom stereocenters. The second kappa shape index (κ2) is 8.42. The standard InChI is InChI=1S/C20H25NO4/c1-6-21(16-9-7-8-14(2)10-16)19(22)13-15-11-17(23-3)20(25-5)18(12-15)24-4/h7-12H,6,13H2,1-5H3. The van der Waals surface area contributed by atoms with Gasteiger partial charge in [-0.2, -0.15) is 0 Å². The van der Waals surface area contributed by atoms with Crippen molar-refractivity contribution in [3.63, 3.8) is 0 Å². The third-order valence-electron chi connectivity index (χ3n) is 4.01. The fourth-order valence-electron chi connectivity index (χ4n) is 2.81. The van der Waals surface area contributed by atoms with Crippen LogP contribution in [0.2, 0.25) is 0 Å². The molecule has 0 saturated carbocycles. The van der Waals surface area contributed by atoms with Gasteiger partial charge in [0.2, 0.25) is 11.7 Å². The first kappa shape index (κ1) is 18.6. The van der Waals surface area contributed by atoms with Gasteiger partial charge in [-0.05, 0) is 49.2 Å². The molecule has 0 atom stereocenters. The second-order valence-electron chi connectivity index (χ2n) is 5.69. The van der Waals surface area contributed by atoms with E-state index in [0.717, 1.165) is 16.8 Å². The fraction of sp³-hybridized carbons (Fsp3) is 0.350. The van der Waals surface area contributed by atoms with Crippen molar-refractivity contribution < 1.29 is 19.0 Å². The van der Waals surface area contributed by atoms with Crippen molar-refractivity contribution >= 4 is 11.6 Å². The van der Waals surface area contributed by atoms with Crippen molar-refractivity contribution in [2.24, 2.45) is 0 Å². The maximum atomic E-state index is 12.8. The smallest absolute Gasteiger partial charge is 0.231 e. The van der Waals surface area contributed by atoms with Gasteiger partial charge in [-0.3, -0.25) is 4.79 Å². The number of benzene rings is 2. The van der Waals surface area contributed by atoms with E-state index in [1.54, 1.807) is 26.2 Å². The number of amides is 1. The van der Waals surface area contributed by atoms with Gasteiger partial charge in [-0.15, -0.1) is 0 Å². The summed E-state index contributed by atoms with van der Waals surface area (Å²) in [5.41, 5.74) is 2.84. The molecule has 134 valence electrons. The lowest BCUT2D eigenvalue weighted by atomic mass is 10.1. The number of aryl methyl sites for hydroxylation is 1. The number of ether oxygens (including phenoxy) is 3. The number of anilines is 1. The van der Waals surface area contributed by atoms with Gasteiger partial charge in [0.1, 0.15) is 0 Å². The molecule has 0 radical (unpaired) electrons. The van der Waals surface area contributed by atoms with Crippen LogP contribution in [-0.2, 0) is 11.2 Å². The zero-order chi connectivity index (χ0) is 18.4. The Hall–Kier alpha value is -2.69. The Balaban J connectivity index is 2.29. The lowest BCUT2D eigenvalue weighted by molar-refractivity contribution is -0.117. The lowest BCUT2D eigenvalue weighted by Crippen LogP contribution is -2.32. The molecule has 1 amide bonds. The number of carbonyl (C=O) groups is 1. The molecule has 0 aliphatic carbocycles. The number of carbonyl (C=O) groups excluding carboxylic acids is 1. The van der Waals surface area contributed by atoms with Crippen LogP contribution in [0.25, 0.3) is 0 Å². The van der Waals surface area contributed by atoms with Crippen molar-refractivity contribution in [3.05, 3.63) is 47.5 Å². The summed E-state index contributed by atoms with van der Waals surface area (Å²) in [5, 5.41) is 0. The zero-order valence-electron chi connectivity index (χ0n) is 15.5. The summed E-state index contributed by atoms with van der Waals surface area (Å²) in [5.74, 6) is 1.63. The molecule has 2 aromatic carbocycles. The van der Waals surface area contributed by atoms with Crippen molar-refractivity contribution in [1.82, 2.24) is 0 Å². The number of likely N-dealkylation sites (N-methyl/N-ethyl adjacent to an activating group) is 1. The molecule has 0 bridgehead atoms. The van der Waals surface area contributed by atoms with Gasteiger partial charge in [-0.1, -0.05) is 12.1 Å². The minimum atomic E-state index is 0.0161. The highest BCUT2D eigenvalue weighted by molar-refractivity contribution is 5.95. The van der Waals surface area contributed by atoms with Crippen LogP contribution >= 0.6 is 0 Å². The van der Waals surface area contributed by atoms with E-state index in [2.05, 4.69) is 0 Å². The summed E-state index contributed by atoms with van der Waals surface area (Å²) in [6.07, 6.45) is 0.249. The molecule has 5 heteroatoms. The van der Waals surface area contributed by atoms with Crippen molar-refractivity contribution in [3.8, 4) is 17.2 Å². The van der Waals surface area contributed by atoms with Crippen LogP contribution in [0.5, 0.6) is 17.2 Å². The monoisotopic (exact) mass is 343 g/mol. The van der Waals surface area contributed by atoms with E-state index in [-0.39, 0.29) is 12.3 Å². The summed E-state index contributed by atoms with van der Waals surface area (Å²) in [4.78, 5) is 14.6. The van der Waals surface area contributed by atoms with Crippen LogP contribution in [0.3, 0.4) is 0 Å². The third kappa shape index (κ3) is 4.24. The average molecular weight is 343 g/mol. The molecule has 0 aromatic heterocycles. The van der Waals surface area contributed by atoms with Crippen LogP contribution in [0.1, 0.15) is 18.1 Å².